The van der Waals surface area contributed by atoms with Gasteiger partial charge < -0.3 is 10.6 Å². The van der Waals surface area contributed by atoms with Gasteiger partial charge in [-0.1, -0.05) is 11.6 Å². The summed E-state index contributed by atoms with van der Waals surface area (Å²) >= 11 is 6.07. The average molecular weight is 477 g/mol. The van der Waals surface area contributed by atoms with Crippen molar-refractivity contribution in [1.29, 1.82) is 5.26 Å². The monoisotopic (exact) mass is 476 g/mol. The third-order valence-corrected chi connectivity index (χ3v) is 5.84. The van der Waals surface area contributed by atoms with Gasteiger partial charge in [-0.2, -0.15) is 23.5 Å². The summed E-state index contributed by atoms with van der Waals surface area (Å²) in [6.07, 6.45) is -0.360. The summed E-state index contributed by atoms with van der Waals surface area (Å²) < 4.78 is 41.6. The zero-order valence-corrected chi connectivity index (χ0v) is 18.3. The number of carbonyl (C=O) groups is 1. The number of amides is 1. The molecule has 1 fully saturated rings. The molecule has 0 bridgehead atoms. The van der Waals surface area contributed by atoms with Gasteiger partial charge in [-0.05, 0) is 49.9 Å². The molecule has 0 spiro atoms. The number of nitrogens with one attached hydrogen (secondary N) is 2. The number of aromatic nitrogens is 3. The van der Waals surface area contributed by atoms with Crippen LogP contribution in [0.15, 0.2) is 30.5 Å². The number of aryl methyl sites for hydroxylation is 1. The molecule has 2 aromatic heterocycles. The normalized spacial score (nSPS) is 18.7. The predicted octanol–water partition coefficient (Wildman–Crippen LogP) is 4.67. The molecule has 1 aromatic carbocycles. The van der Waals surface area contributed by atoms with E-state index in [1.807, 2.05) is 6.07 Å². The third-order valence-electron chi connectivity index (χ3n) is 5.61. The number of hydrogen-bond acceptors (Lipinski definition) is 5. The van der Waals surface area contributed by atoms with Gasteiger partial charge in [-0.25, -0.2) is 4.98 Å². The molecule has 2 atom stereocenters. The van der Waals surface area contributed by atoms with Gasteiger partial charge >= 0.3 is 6.18 Å². The lowest BCUT2D eigenvalue weighted by Crippen LogP contribution is -2.42. The number of carbonyl (C=O) groups excluding carboxylic acids is 1. The van der Waals surface area contributed by atoms with E-state index < -0.39 is 17.8 Å². The maximum atomic E-state index is 13.4. The Morgan fingerprint density at radius 2 is 2.03 bits per heavy atom. The zero-order valence-electron chi connectivity index (χ0n) is 17.6. The third kappa shape index (κ3) is 5.03. The first-order valence-electron chi connectivity index (χ1n) is 10.3. The van der Waals surface area contributed by atoms with Crippen LogP contribution < -0.4 is 10.6 Å². The maximum Gasteiger partial charge on any atom is 0.433 e. The van der Waals surface area contributed by atoms with Crippen LogP contribution in [-0.2, 0) is 13.2 Å². The van der Waals surface area contributed by atoms with E-state index in [0.29, 0.717) is 22.5 Å². The van der Waals surface area contributed by atoms with Gasteiger partial charge in [0.1, 0.15) is 11.8 Å². The number of anilines is 1. The molecule has 2 heterocycles. The Hall–Kier alpha value is -3.32. The molecule has 0 unspecified atom stereocenters. The summed E-state index contributed by atoms with van der Waals surface area (Å²) in [5, 5.41) is 20.1. The molecule has 1 aliphatic rings. The number of hydrogen-bond donors (Lipinski definition) is 2. The number of nitriles is 1. The largest absolute Gasteiger partial charge is 0.433 e. The fourth-order valence-corrected chi connectivity index (χ4v) is 4.31. The number of nitrogens with zero attached hydrogens (tertiary/aromatic N) is 4. The Bertz CT molecular complexity index is 1250. The Balaban J connectivity index is 1.54. The first kappa shape index (κ1) is 22.9. The number of halogens is 4. The highest BCUT2D eigenvalue weighted by Crippen LogP contribution is 2.35. The molecule has 0 radical (unpaired) electrons. The first-order valence-corrected chi connectivity index (χ1v) is 10.7. The molecule has 11 heteroatoms. The second-order valence-electron chi connectivity index (χ2n) is 8.07. The van der Waals surface area contributed by atoms with Crippen LogP contribution in [-0.4, -0.2) is 32.8 Å². The molecule has 4 rings (SSSR count). The number of alkyl halides is 3. The van der Waals surface area contributed by atoms with Crippen LogP contribution in [0.3, 0.4) is 0 Å². The van der Waals surface area contributed by atoms with E-state index in [1.165, 1.54) is 23.0 Å². The van der Waals surface area contributed by atoms with Crippen LogP contribution in [0, 0.1) is 11.3 Å². The molecule has 0 saturated heterocycles. The highest BCUT2D eigenvalue weighted by Gasteiger charge is 2.34. The van der Waals surface area contributed by atoms with Crippen molar-refractivity contribution in [2.24, 2.45) is 7.05 Å². The van der Waals surface area contributed by atoms with Crippen molar-refractivity contribution in [1.82, 2.24) is 20.1 Å². The van der Waals surface area contributed by atoms with Gasteiger partial charge in [0.15, 0.2) is 5.69 Å². The molecule has 0 aliphatic heterocycles. The van der Waals surface area contributed by atoms with Crippen molar-refractivity contribution < 1.29 is 18.0 Å². The Morgan fingerprint density at radius 3 is 2.76 bits per heavy atom. The smallest absolute Gasteiger partial charge is 0.382 e. The number of rotatable bonds is 4. The van der Waals surface area contributed by atoms with E-state index in [4.69, 9.17) is 16.9 Å². The molecular weight excluding hydrogens is 457 g/mol. The minimum atomic E-state index is -4.59. The van der Waals surface area contributed by atoms with Gasteiger partial charge in [-0.15, -0.1) is 0 Å². The number of benzene rings is 1. The van der Waals surface area contributed by atoms with Gasteiger partial charge in [0.05, 0.1) is 11.1 Å². The van der Waals surface area contributed by atoms with Crippen LogP contribution in [0.25, 0.3) is 10.9 Å². The fraction of sp³-hybridized carbons (Fsp3) is 0.364. The molecule has 1 saturated carbocycles. The fourth-order valence-electron chi connectivity index (χ4n) is 4.13. The summed E-state index contributed by atoms with van der Waals surface area (Å²) in [7, 11) is 1.62. The highest BCUT2D eigenvalue weighted by molar-refractivity contribution is 6.31. The topological polar surface area (TPSA) is 95.6 Å². The van der Waals surface area contributed by atoms with Crippen LogP contribution in [0.5, 0.6) is 0 Å². The Kier molecular flexibility index (Phi) is 6.17. The quantitative estimate of drug-likeness (QED) is 0.570. The lowest BCUT2D eigenvalue weighted by molar-refractivity contribution is -0.140. The van der Waals surface area contributed by atoms with E-state index in [9.17, 15) is 18.0 Å². The zero-order chi connectivity index (χ0) is 23.8. The van der Waals surface area contributed by atoms with Crippen molar-refractivity contribution >= 4 is 34.1 Å². The second kappa shape index (κ2) is 8.90. The maximum absolute atomic E-state index is 13.4. The number of fused-ring (bicyclic) bond motifs is 1. The second-order valence-corrected chi connectivity index (χ2v) is 8.51. The summed E-state index contributed by atoms with van der Waals surface area (Å²) in [5.74, 6) is -0.397. The summed E-state index contributed by atoms with van der Waals surface area (Å²) in [5.41, 5.74) is -0.259. The van der Waals surface area contributed by atoms with E-state index in [1.54, 1.807) is 13.1 Å². The van der Waals surface area contributed by atoms with E-state index in [-0.39, 0.29) is 28.9 Å². The van der Waals surface area contributed by atoms with Crippen molar-refractivity contribution in [3.8, 4) is 6.07 Å². The van der Waals surface area contributed by atoms with Gasteiger partial charge in [-0.3, -0.25) is 9.48 Å². The Morgan fingerprint density at radius 1 is 1.27 bits per heavy atom. The number of pyridine rings is 1. The summed E-state index contributed by atoms with van der Waals surface area (Å²) in [6, 6.07) is 7.08. The molecular formula is C22H20ClF3N6O. The first-order chi connectivity index (χ1) is 15.6. The van der Waals surface area contributed by atoms with Gasteiger partial charge in [0, 0.05) is 41.4 Å². The lowest BCUT2D eigenvalue weighted by atomic mass is 9.90. The van der Waals surface area contributed by atoms with Crippen LogP contribution in [0.4, 0.5) is 18.9 Å². The standard InChI is InChI=1S/C22H20ClF3N6O/c1-32-11-16(19(10-27)31-32)21(33)29-14-4-2-3-13(8-14)28-18-9-20(22(24,25)26)30-17-6-5-12(23)7-15(17)18/h5-7,9,11,13-14H,2-4,8H2,1H3,(H,28,30)(H,29,33)/t13-,14+/m0/s1. The van der Waals surface area contributed by atoms with Crippen molar-refractivity contribution in [3.63, 3.8) is 0 Å². The Labute approximate surface area is 192 Å². The summed E-state index contributed by atoms with van der Waals surface area (Å²) in [4.78, 5) is 16.4. The van der Waals surface area contributed by atoms with Crippen LogP contribution in [0.1, 0.15) is 47.4 Å². The van der Waals surface area contributed by atoms with E-state index >= 15 is 0 Å². The van der Waals surface area contributed by atoms with Crippen LogP contribution >= 0.6 is 11.6 Å². The molecule has 7 nitrogen and oxygen atoms in total. The summed E-state index contributed by atoms with van der Waals surface area (Å²) in [6.45, 7) is 0. The SMILES string of the molecule is Cn1cc(C(=O)N[C@@H]2CCC[C@H](Nc3cc(C(F)(F)F)nc4ccc(Cl)cc34)C2)c(C#N)n1. The van der Waals surface area contributed by atoms with Gasteiger partial charge in [0.2, 0.25) is 0 Å². The predicted molar refractivity (Wildman–Crippen MR) is 117 cm³/mol. The van der Waals surface area contributed by atoms with Crippen molar-refractivity contribution in [3.05, 3.63) is 52.4 Å². The molecule has 3 aromatic rings. The minimum Gasteiger partial charge on any atom is -0.382 e. The molecule has 172 valence electrons. The van der Waals surface area contributed by atoms with Crippen molar-refractivity contribution in [2.45, 2.75) is 43.9 Å². The van der Waals surface area contributed by atoms with E-state index in [2.05, 4.69) is 20.7 Å². The van der Waals surface area contributed by atoms with Crippen molar-refractivity contribution in [2.75, 3.05) is 5.32 Å². The van der Waals surface area contributed by atoms with Gasteiger partial charge in [0.25, 0.3) is 5.91 Å². The highest BCUT2D eigenvalue weighted by atomic mass is 35.5. The molecule has 1 aliphatic carbocycles. The van der Waals surface area contributed by atoms with Crippen LogP contribution in [0.2, 0.25) is 5.02 Å². The molecule has 33 heavy (non-hydrogen) atoms. The molecule has 2 N–H and O–H groups in total. The van der Waals surface area contributed by atoms with E-state index in [0.717, 1.165) is 25.3 Å². The minimum absolute atomic E-state index is 0.0419. The lowest BCUT2D eigenvalue weighted by Gasteiger charge is -2.31. The molecule has 1 amide bonds. The average Bonchev–Trinajstić information content (AvgIpc) is 3.14.